The minimum absolute atomic E-state index is 0.257. The van der Waals surface area contributed by atoms with Crippen molar-refractivity contribution >= 4 is 0 Å². The maximum absolute atomic E-state index is 5.86. The predicted molar refractivity (Wildman–Crippen MR) is 88.2 cm³/mol. The summed E-state index contributed by atoms with van der Waals surface area (Å²) < 4.78 is 10.6. The number of hydrogen-bond donors (Lipinski definition) is 1. The number of benzene rings is 1. The molecule has 0 saturated carbocycles. The maximum Gasteiger partial charge on any atom is 0.160 e. The fraction of sp³-hybridized carbons (Fsp3) is 0.647. The van der Waals surface area contributed by atoms with Crippen LogP contribution < -0.4 is 15.2 Å². The fourth-order valence-electron chi connectivity index (χ4n) is 2.31. The van der Waals surface area contributed by atoms with E-state index in [1.54, 1.807) is 14.2 Å². The average Bonchev–Trinajstić information content (AvgIpc) is 2.46. The summed E-state index contributed by atoms with van der Waals surface area (Å²) in [5.74, 6) is 1.57. The highest BCUT2D eigenvalue weighted by Gasteiger charge is 2.11. The molecule has 4 nitrogen and oxygen atoms in total. The number of ether oxygens (including phenoxy) is 2. The molecule has 1 aromatic carbocycles. The second-order valence-electron chi connectivity index (χ2n) is 5.84. The molecular formula is C17H30N2O2. The lowest BCUT2D eigenvalue weighted by Crippen LogP contribution is -2.36. The summed E-state index contributed by atoms with van der Waals surface area (Å²) in [6, 6.07) is 6.92. The second kappa shape index (κ2) is 8.90. The largest absolute Gasteiger partial charge is 0.493 e. The molecule has 0 amide bonds. The molecule has 0 bridgehead atoms. The Labute approximate surface area is 129 Å². The van der Waals surface area contributed by atoms with E-state index in [1.165, 1.54) is 5.56 Å². The van der Waals surface area contributed by atoms with E-state index in [0.29, 0.717) is 6.04 Å². The Morgan fingerprint density at radius 3 is 2.24 bits per heavy atom. The molecule has 1 aromatic rings. The summed E-state index contributed by atoms with van der Waals surface area (Å²) in [4.78, 5) is 2.47. The van der Waals surface area contributed by atoms with Crippen molar-refractivity contribution < 1.29 is 9.47 Å². The third kappa shape index (κ3) is 5.94. The molecule has 1 atom stereocenters. The number of nitrogens with zero attached hydrogens (tertiary/aromatic N) is 1. The Bertz CT molecular complexity index is 419. The van der Waals surface area contributed by atoms with Gasteiger partial charge in [-0.25, -0.2) is 0 Å². The molecule has 0 fully saturated rings. The van der Waals surface area contributed by atoms with Gasteiger partial charge in [0.2, 0.25) is 0 Å². The van der Waals surface area contributed by atoms with Gasteiger partial charge in [-0.2, -0.15) is 0 Å². The lowest BCUT2D eigenvalue weighted by Gasteiger charge is -2.27. The van der Waals surface area contributed by atoms with Crippen molar-refractivity contribution in [2.24, 2.45) is 5.73 Å². The lowest BCUT2D eigenvalue weighted by atomic mass is 10.1. The summed E-state index contributed by atoms with van der Waals surface area (Å²) in [6.45, 7) is 8.60. The first-order valence-electron chi connectivity index (χ1n) is 7.68. The van der Waals surface area contributed by atoms with E-state index in [9.17, 15) is 0 Å². The van der Waals surface area contributed by atoms with Crippen LogP contribution in [0, 0.1) is 0 Å². The number of hydrogen-bond acceptors (Lipinski definition) is 4. The molecule has 0 aliphatic heterocycles. The Kier molecular flexibility index (Phi) is 7.54. The van der Waals surface area contributed by atoms with Crippen LogP contribution in [0.25, 0.3) is 0 Å². The van der Waals surface area contributed by atoms with Crippen LogP contribution in [0.4, 0.5) is 0 Å². The van der Waals surface area contributed by atoms with Crippen molar-refractivity contribution in [1.82, 2.24) is 4.90 Å². The predicted octanol–water partition coefficient (Wildman–Crippen LogP) is 2.69. The van der Waals surface area contributed by atoms with Crippen LogP contribution in [0.2, 0.25) is 0 Å². The van der Waals surface area contributed by atoms with Crippen LogP contribution in [0.5, 0.6) is 11.5 Å². The SMILES string of the molecule is COc1ccc(CCN(CCC(C)N)C(C)C)cc1OC. The minimum atomic E-state index is 0.257. The molecule has 0 saturated heterocycles. The van der Waals surface area contributed by atoms with Crippen LogP contribution in [-0.2, 0) is 6.42 Å². The van der Waals surface area contributed by atoms with Crippen LogP contribution in [0.15, 0.2) is 18.2 Å². The van der Waals surface area contributed by atoms with Gasteiger partial charge in [0.05, 0.1) is 14.2 Å². The molecule has 0 spiro atoms. The number of methoxy groups -OCH3 is 2. The molecule has 1 unspecified atom stereocenters. The molecule has 0 radical (unpaired) electrons. The van der Waals surface area contributed by atoms with Crippen molar-refractivity contribution in [3.05, 3.63) is 23.8 Å². The Balaban J connectivity index is 2.63. The molecule has 21 heavy (non-hydrogen) atoms. The summed E-state index contributed by atoms with van der Waals surface area (Å²) in [5, 5.41) is 0. The van der Waals surface area contributed by atoms with Gasteiger partial charge in [0, 0.05) is 18.6 Å². The van der Waals surface area contributed by atoms with Gasteiger partial charge in [0.1, 0.15) is 0 Å². The molecular weight excluding hydrogens is 264 g/mol. The Hall–Kier alpha value is -1.26. The highest BCUT2D eigenvalue weighted by Crippen LogP contribution is 2.27. The summed E-state index contributed by atoms with van der Waals surface area (Å²) >= 11 is 0. The molecule has 0 heterocycles. The van der Waals surface area contributed by atoms with Crippen molar-refractivity contribution in [2.75, 3.05) is 27.3 Å². The third-order valence-corrected chi connectivity index (χ3v) is 3.74. The highest BCUT2D eigenvalue weighted by atomic mass is 16.5. The minimum Gasteiger partial charge on any atom is -0.493 e. The van der Waals surface area contributed by atoms with Crippen LogP contribution in [-0.4, -0.2) is 44.3 Å². The first-order valence-corrected chi connectivity index (χ1v) is 7.68. The van der Waals surface area contributed by atoms with E-state index in [0.717, 1.165) is 37.4 Å². The lowest BCUT2D eigenvalue weighted by molar-refractivity contribution is 0.217. The van der Waals surface area contributed by atoms with Gasteiger partial charge in [0.15, 0.2) is 11.5 Å². The number of nitrogens with two attached hydrogens (primary N) is 1. The first kappa shape index (κ1) is 17.8. The summed E-state index contributed by atoms with van der Waals surface area (Å²) in [6.07, 6.45) is 2.03. The van der Waals surface area contributed by atoms with Crippen LogP contribution >= 0.6 is 0 Å². The van der Waals surface area contributed by atoms with Gasteiger partial charge in [0.25, 0.3) is 0 Å². The monoisotopic (exact) mass is 294 g/mol. The van der Waals surface area contributed by atoms with Crippen molar-refractivity contribution in [3.8, 4) is 11.5 Å². The third-order valence-electron chi connectivity index (χ3n) is 3.74. The van der Waals surface area contributed by atoms with Gasteiger partial charge < -0.3 is 20.1 Å². The van der Waals surface area contributed by atoms with Gasteiger partial charge in [-0.3, -0.25) is 0 Å². The zero-order valence-corrected chi connectivity index (χ0v) is 14.1. The van der Waals surface area contributed by atoms with Crippen LogP contribution in [0.3, 0.4) is 0 Å². The smallest absolute Gasteiger partial charge is 0.160 e. The molecule has 0 aliphatic carbocycles. The Morgan fingerprint density at radius 2 is 1.71 bits per heavy atom. The topological polar surface area (TPSA) is 47.7 Å². The van der Waals surface area contributed by atoms with Crippen molar-refractivity contribution in [2.45, 2.75) is 45.7 Å². The van der Waals surface area contributed by atoms with E-state index in [4.69, 9.17) is 15.2 Å². The second-order valence-corrected chi connectivity index (χ2v) is 5.84. The van der Waals surface area contributed by atoms with Gasteiger partial charge >= 0.3 is 0 Å². The van der Waals surface area contributed by atoms with E-state index >= 15 is 0 Å². The van der Waals surface area contributed by atoms with Crippen molar-refractivity contribution in [3.63, 3.8) is 0 Å². The molecule has 0 aromatic heterocycles. The standard InChI is InChI=1S/C17H30N2O2/c1-13(2)19(10-8-14(3)18)11-9-15-6-7-16(20-4)17(12-15)21-5/h6-7,12-14H,8-11,18H2,1-5H3. The van der Waals surface area contributed by atoms with E-state index in [1.807, 2.05) is 6.07 Å². The van der Waals surface area contributed by atoms with Gasteiger partial charge in [-0.05, 0) is 57.9 Å². The van der Waals surface area contributed by atoms with E-state index in [-0.39, 0.29) is 6.04 Å². The van der Waals surface area contributed by atoms with Crippen molar-refractivity contribution in [1.29, 1.82) is 0 Å². The Morgan fingerprint density at radius 1 is 1.05 bits per heavy atom. The van der Waals surface area contributed by atoms with Gasteiger partial charge in [-0.15, -0.1) is 0 Å². The van der Waals surface area contributed by atoms with E-state index < -0.39 is 0 Å². The molecule has 1 rings (SSSR count). The summed E-state index contributed by atoms with van der Waals surface area (Å²) in [7, 11) is 3.33. The highest BCUT2D eigenvalue weighted by molar-refractivity contribution is 5.42. The zero-order chi connectivity index (χ0) is 15.8. The number of rotatable bonds is 9. The molecule has 4 heteroatoms. The van der Waals surface area contributed by atoms with E-state index in [2.05, 4.69) is 37.8 Å². The average molecular weight is 294 g/mol. The summed E-state index contributed by atoms with van der Waals surface area (Å²) in [5.41, 5.74) is 7.12. The molecule has 120 valence electrons. The first-order chi connectivity index (χ1) is 9.97. The maximum atomic E-state index is 5.86. The molecule has 2 N–H and O–H groups in total. The molecule has 0 aliphatic rings. The van der Waals surface area contributed by atoms with Gasteiger partial charge in [-0.1, -0.05) is 6.07 Å². The zero-order valence-electron chi connectivity index (χ0n) is 14.1. The fourth-order valence-corrected chi connectivity index (χ4v) is 2.31. The van der Waals surface area contributed by atoms with Crippen LogP contribution in [0.1, 0.15) is 32.8 Å². The normalized spacial score (nSPS) is 12.8. The quantitative estimate of drug-likeness (QED) is 0.761.